The highest BCUT2D eigenvalue weighted by molar-refractivity contribution is 5.98. The summed E-state index contributed by atoms with van der Waals surface area (Å²) in [4.78, 5) is 38.7. The molecule has 0 bridgehead atoms. The van der Waals surface area contributed by atoms with Crippen LogP contribution in [0.25, 0.3) is 0 Å². The van der Waals surface area contributed by atoms with Gasteiger partial charge in [0, 0.05) is 0 Å². The minimum absolute atomic E-state index is 0.0513. The third kappa shape index (κ3) is 2.12. The molecular formula is C10H11NO4. The number of hydrogen-bond donors (Lipinski definition) is 0. The van der Waals surface area contributed by atoms with Gasteiger partial charge in [-0.25, -0.2) is 0 Å². The van der Waals surface area contributed by atoms with Gasteiger partial charge in [-0.3, -0.25) is 14.4 Å². The third-order valence-electron chi connectivity index (χ3n) is 1.97. The number of hydrogen-bond acceptors (Lipinski definition) is 4. The van der Waals surface area contributed by atoms with E-state index >= 15 is 0 Å². The van der Waals surface area contributed by atoms with Crippen molar-refractivity contribution in [1.29, 1.82) is 0 Å². The van der Waals surface area contributed by atoms with Crippen molar-refractivity contribution in [1.82, 2.24) is 4.73 Å². The Balaban J connectivity index is 3.54. The lowest BCUT2D eigenvalue weighted by molar-refractivity contribution is 0.1000. The van der Waals surface area contributed by atoms with Crippen LogP contribution in [0.1, 0.15) is 34.6 Å². The van der Waals surface area contributed by atoms with E-state index < -0.39 is 17.0 Å². The van der Waals surface area contributed by atoms with Crippen molar-refractivity contribution >= 4 is 11.6 Å². The van der Waals surface area contributed by atoms with E-state index in [4.69, 9.17) is 4.84 Å². The average Bonchev–Trinajstić information content (AvgIpc) is 2.17. The smallest absolute Gasteiger partial charge is 0.203 e. The number of Topliss-reactive ketones (excluding diaryl/α,β-unsaturated/α-hetero) is 2. The highest BCUT2D eigenvalue weighted by atomic mass is 16.6. The number of rotatable bonds is 3. The molecule has 0 atom stereocenters. The highest BCUT2D eigenvalue weighted by Crippen LogP contribution is 1.99. The number of ketones is 2. The molecule has 0 aliphatic rings. The first-order valence-corrected chi connectivity index (χ1v) is 4.30. The van der Waals surface area contributed by atoms with E-state index in [-0.39, 0.29) is 11.1 Å². The van der Waals surface area contributed by atoms with Crippen LogP contribution in [0.2, 0.25) is 0 Å². The van der Waals surface area contributed by atoms with Crippen LogP contribution in [-0.4, -0.2) is 23.4 Å². The molecule has 0 spiro atoms. The van der Waals surface area contributed by atoms with Gasteiger partial charge in [0.15, 0.2) is 11.6 Å². The summed E-state index contributed by atoms with van der Waals surface area (Å²) in [5, 5.41) is 0. The first kappa shape index (κ1) is 11.2. The van der Waals surface area contributed by atoms with E-state index in [0.717, 1.165) is 4.73 Å². The largest absolute Gasteiger partial charge is 0.418 e. The summed E-state index contributed by atoms with van der Waals surface area (Å²) >= 11 is 0. The number of carbonyl (C=O) groups is 2. The lowest BCUT2D eigenvalue weighted by atomic mass is 10.1. The second kappa shape index (κ2) is 4.08. The van der Waals surface area contributed by atoms with Gasteiger partial charge in [-0.2, -0.15) is 4.73 Å². The Morgan fingerprint density at radius 1 is 1.13 bits per heavy atom. The molecule has 15 heavy (non-hydrogen) atoms. The van der Waals surface area contributed by atoms with Gasteiger partial charge in [0.1, 0.15) is 7.11 Å². The van der Waals surface area contributed by atoms with Crippen molar-refractivity contribution in [2.75, 3.05) is 7.11 Å². The lowest BCUT2D eigenvalue weighted by Gasteiger charge is -2.07. The topological polar surface area (TPSA) is 65.4 Å². The lowest BCUT2D eigenvalue weighted by Crippen LogP contribution is -2.24. The Labute approximate surface area is 86.2 Å². The molecular weight excluding hydrogens is 198 g/mol. The average molecular weight is 209 g/mol. The maximum absolute atomic E-state index is 11.6. The van der Waals surface area contributed by atoms with Crippen LogP contribution < -0.4 is 10.3 Å². The summed E-state index contributed by atoms with van der Waals surface area (Å²) in [5.74, 6) is -0.789. The Morgan fingerprint density at radius 2 is 1.53 bits per heavy atom. The van der Waals surface area contributed by atoms with E-state index in [0.29, 0.717) is 0 Å². The molecule has 0 saturated heterocycles. The van der Waals surface area contributed by atoms with Crippen LogP contribution in [-0.2, 0) is 0 Å². The van der Waals surface area contributed by atoms with Gasteiger partial charge < -0.3 is 4.84 Å². The first-order chi connectivity index (χ1) is 6.97. The van der Waals surface area contributed by atoms with Crippen molar-refractivity contribution in [2.24, 2.45) is 0 Å². The molecule has 0 aromatic carbocycles. The standard InChI is InChI=1S/C10H11NO4/c1-6(12)8-4-11(15-3)5-9(7(2)13)10(8)14/h4-5H,1-3H3. The maximum Gasteiger partial charge on any atom is 0.203 e. The fraction of sp³-hybridized carbons (Fsp3) is 0.300. The summed E-state index contributed by atoms with van der Waals surface area (Å²) in [5.41, 5.74) is -0.655. The van der Waals surface area contributed by atoms with Crippen molar-refractivity contribution in [2.45, 2.75) is 13.8 Å². The zero-order chi connectivity index (χ0) is 11.6. The van der Waals surface area contributed by atoms with Crippen LogP contribution >= 0.6 is 0 Å². The molecule has 80 valence electrons. The molecule has 0 saturated carbocycles. The van der Waals surface area contributed by atoms with Crippen molar-refractivity contribution in [3.8, 4) is 0 Å². The zero-order valence-electron chi connectivity index (χ0n) is 8.73. The van der Waals surface area contributed by atoms with Crippen molar-refractivity contribution in [3.63, 3.8) is 0 Å². The molecule has 1 rings (SSSR count). The molecule has 0 aliphatic carbocycles. The molecule has 1 heterocycles. The molecule has 5 heteroatoms. The van der Waals surface area contributed by atoms with Crippen LogP contribution in [0.15, 0.2) is 17.2 Å². The minimum Gasteiger partial charge on any atom is -0.418 e. The predicted molar refractivity (Wildman–Crippen MR) is 53.2 cm³/mol. The van der Waals surface area contributed by atoms with Gasteiger partial charge in [0.2, 0.25) is 5.43 Å². The van der Waals surface area contributed by atoms with Crippen LogP contribution in [0.3, 0.4) is 0 Å². The van der Waals surface area contributed by atoms with E-state index in [1.54, 1.807) is 0 Å². The fourth-order valence-electron chi connectivity index (χ4n) is 1.16. The van der Waals surface area contributed by atoms with Gasteiger partial charge in [-0.15, -0.1) is 0 Å². The molecule has 0 amide bonds. The summed E-state index contributed by atoms with van der Waals surface area (Å²) in [6, 6.07) is 0. The normalized spacial score (nSPS) is 9.80. The van der Waals surface area contributed by atoms with E-state index in [1.165, 1.54) is 33.4 Å². The SMILES string of the molecule is COn1cc(C(C)=O)c(=O)c(C(C)=O)c1. The second-order valence-corrected chi connectivity index (χ2v) is 3.07. The van der Waals surface area contributed by atoms with E-state index in [2.05, 4.69) is 0 Å². The van der Waals surface area contributed by atoms with Crippen LogP contribution in [0.4, 0.5) is 0 Å². The summed E-state index contributed by atoms with van der Waals surface area (Å²) in [6.45, 7) is 2.53. The summed E-state index contributed by atoms with van der Waals surface area (Å²) in [7, 11) is 1.37. The Hall–Kier alpha value is -1.91. The quantitative estimate of drug-likeness (QED) is 0.672. The number of aromatic nitrogens is 1. The first-order valence-electron chi connectivity index (χ1n) is 4.30. The summed E-state index contributed by atoms with van der Waals surface area (Å²) in [6.07, 6.45) is 2.52. The Bertz CT molecular complexity index is 435. The molecule has 0 unspecified atom stereocenters. The van der Waals surface area contributed by atoms with Crippen molar-refractivity contribution in [3.05, 3.63) is 33.7 Å². The molecule has 0 radical (unpaired) electrons. The number of carbonyl (C=O) groups excluding carboxylic acids is 2. The zero-order valence-corrected chi connectivity index (χ0v) is 8.73. The van der Waals surface area contributed by atoms with Gasteiger partial charge in [-0.05, 0) is 13.8 Å². The molecule has 5 nitrogen and oxygen atoms in total. The van der Waals surface area contributed by atoms with Crippen LogP contribution in [0, 0.1) is 0 Å². The summed E-state index contributed by atoms with van der Waals surface area (Å²) < 4.78 is 1.16. The highest BCUT2D eigenvalue weighted by Gasteiger charge is 2.14. The van der Waals surface area contributed by atoms with Gasteiger partial charge in [0.05, 0.1) is 23.5 Å². The molecule has 0 fully saturated rings. The monoisotopic (exact) mass is 209 g/mol. The van der Waals surface area contributed by atoms with Gasteiger partial charge in [0.25, 0.3) is 0 Å². The fourth-order valence-corrected chi connectivity index (χ4v) is 1.16. The third-order valence-corrected chi connectivity index (χ3v) is 1.97. The maximum atomic E-state index is 11.6. The molecule has 0 N–H and O–H groups in total. The Kier molecular flexibility index (Phi) is 3.04. The number of pyridine rings is 1. The number of nitrogens with zero attached hydrogens (tertiary/aromatic N) is 1. The van der Waals surface area contributed by atoms with E-state index in [9.17, 15) is 14.4 Å². The molecule has 1 aromatic rings. The second-order valence-electron chi connectivity index (χ2n) is 3.07. The van der Waals surface area contributed by atoms with Crippen molar-refractivity contribution < 1.29 is 14.4 Å². The molecule has 0 aliphatic heterocycles. The minimum atomic E-state index is -0.552. The molecule has 1 aromatic heterocycles. The van der Waals surface area contributed by atoms with E-state index in [1.807, 2.05) is 0 Å². The predicted octanol–water partition coefficient (Wildman–Crippen LogP) is 0.312. The Morgan fingerprint density at radius 3 is 1.80 bits per heavy atom. The van der Waals surface area contributed by atoms with Crippen LogP contribution in [0.5, 0.6) is 0 Å². The van der Waals surface area contributed by atoms with Gasteiger partial charge in [-0.1, -0.05) is 0 Å². The van der Waals surface area contributed by atoms with Gasteiger partial charge >= 0.3 is 0 Å².